The fourth-order valence-electron chi connectivity index (χ4n) is 2.14. The number of pyridine rings is 1. The van der Waals surface area contributed by atoms with Crippen molar-refractivity contribution in [3.63, 3.8) is 0 Å². The number of hydrogen-bond donors (Lipinski definition) is 2. The Morgan fingerprint density at radius 3 is 2.86 bits per heavy atom. The molecule has 3 heterocycles. The van der Waals surface area contributed by atoms with Crippen molar-refractivity contribution >= 4 is 21.5 Å². The fraction of sp³-hybridized carbons (Fsp3) is 0.154. The van der Waals surface area contributed by atoms with Crippen LogP contribution in [0.4, 0.5) is 5.82 Å². The number of nitrogens with zero attached hydrogens (tertiary/aromatic N) is 2. The molecule has 3 aromatic rings. The molecule has 1 unspecified atom stereocenters. The highest BCUT2D eigenvalue weighted by molar-refractivity contribution is 7.89. The quantitative estimate of drug-likeness (QED) is 0.761. The van der Waals surface area contributed by atoms with Crippen molar-refractivity contribution in [2.75, 3.05) is 5.73 Å². The number of sulfonamides is 1. The zero-order chi connectivity index (χ0) is 15.0. The number of furan rings is 1. The van der Waals surface area contributed by atoms with Crippen LogP contribution in [0.3, 0.4) is 0 Å². The Kier molecular flexibility index (Phi) is 3.19. The molecule has 0 amide bonds. The van der Waals surface area contributed by atoms with Gasteiger partial charge in [-0.2, -0.15) is 4.72 Å². The van der Waals surface area contributed by atoms with E-state index in [0.717, 1.165) is 0 Å². The predicted molar refractivity (Wildman–Crippen MR) is 77.0 cm³/mol. The van der Waals surface area contributed by atoms with Crippen LogP contribution in [0.25, 0.3) is 5.65 Å². The molecule has 0 spiro atoms. The predicted octanol–water partition coefficient (Wildman–Crippen LogP) is 1.55. The Labute approximate surface area is 121 Å². The third-order valence-electron chi connectivity index (χ3n) is 3.07. The smallest absolute Gasteiger partial charge is 0.261 e. The second-order valence-corrected chi connectivity index (χ2v) is 6.22. The van der Waals surface area contributed by atoms with Gasteiger partial charge in [0.15, 0.2) is 10.8 Å². The van der Waals surface area contributed by atoms with Crippen LogP contribution in [0.1, 0.15) is 18.7 Å². The van der Waals surface area contributed by atoms with Crippen LogP contribution in [-0.2, 0) is 10.0 Å². The zero-order valence-corrected chi connectivity index (χ0v) is 12.0. The molecule has 0 aliphatic carbocycles. The molecule has 0 saturated carbocycles. The van der Waals surface area contributed by atoms with E-state index >= 15 is 0 Å². The van der Waals surface area contributed by atoms with Crippen molar-refractivity contribution < 1.29 is 12.8 Å². The Morgan fingerprint density at radius 2 is 2.14 bits per heavy atom. The molecule has 3 aromatic heterocycles. The molecular formula is C13H14N4O3S. The minimum atomic E-state index is -3.83. The summed E-state index contributed by atoms with van der Waals surface area (Å²) >= 11 is 0. The summed E-state index contributed by atoms with van der Waals surface area (Å²) in [5.41, 5.74) is 6.23. The lowest BCUT2D eigenvalue weighted by molar-refractivity contribution is 0.459. The van der Waals surface area contributed by atoms with E-state index in [1.165, 1.54) is 10.7 Å². The van der Waals surface area contributed by atoms with Crippen molar-refractivity contribution in [2.24, 2.45) is 0 Å². The summed E-state index contributed by atoms with van der Waals surface area (Å²) in [5, 5.41) is -0.0727. The molecule has 0 bridgehead atoms. The molecule has 0 aromatic carbocycles. The van der Waals surface area contributed by atoms with Crippen LogP contribution in [-0.4, -0.2) is 17.8 Å². The molecule has 21 heavy (non-hydrogen) atoms. The third kappa shape index (κ3) is 2.39. The number of fused-ring (bicyclic) bond motifs is 1. The van der Waals surface area contributed by atoms with Crippen molar-refractivity contribution in [3.8, 4) is 0 Å². The van der Waals surface area contributed by atoms with Crippen LogP contribution >= 0.6 is 0 Å². The standard InChI is InChI=1S/C13H14N4O3S/c1-9(10-5-4-8-20-10)16-21(18,19)13-12(14)15-11-6-2-3-7-17(11)13/h2-9,16H,14H2,1H3. The third-order valence-corrected chi connectivity index (χ3v) is 4.65. The van der Waals surface area contributed by atoms with Crippen molar-refractivity contribution in [1.82, 2.24) is 14.1 Å². The van der Waals surface area contributed by atoms with Gasteiger partial charge in [-0.15, -0.1) is 0 Å². The van der Waals surface area contributed by atoms with Crippen LogP contribution in [0.2, 0.25) is 0 Å². The molecule has 1 atom stereocenters. The summed E-state index contributed by atoms with van der Waals surface area (Å²) in [7, 11) is -3.83. The SMILES string of the molecule is CC(NS(=O)(=O)c1c(N)nc2ccccn12)c1ccco1. The molecule has 0 radical (unpaired) electrons. The molecule has 0 fully saturated rings. The van der Waals surface area contributed by atoms with Crippen LogP contribution in [0.5, 0.6) is 0 Å². The molecule has 0 saturated heterocycles. The van der Waals surface area contributed by atoms with E-state index < -0.39 is 16.1 Å². The largest absolute Gasteiger partial charge is 0.468 e. The van der Waals surface area contributed by atoms with Gasteiger partial charge in [-0.3, -0.25) is 4.40 Å². The summed E-state index contributed by atoms with van der Waals surface area (Å²) in [4.78, 5) is 4.05. The van der Waals surface area contributed by atoms with Gasteiger partial charge in [0.05, 0.1) is 12.3 Å². The summed E-state index contributed by atoms with van der Waals surface area (Å²) in [6.07, 6.45) is 3.09. The number of anilines is 1. The van der Waals surface area contributed by atoms with E-state index in [-0.39, 0.29) is 10.8 Å². The van der Waals surface area contributed by atoms with Gasteiger partial charge in [-0.25, -0.2) is 13.4 Å². The molecule has 0 aliphatic rings. The summed E-state index contributed by atoms with van der Waals surface area (Å²) in [6.45, 7) is 1.69. The lowest BCUT2D eigenvalue weighted by Gasteiger charge is -2.12. The summed E-state index contributed by atoms with van der Waals surface area (Å²) in [5.74, 6) is 0.478. The maximum absolute atomic E-state index is 12.5. The van der Waals surface area contributed by atoms with Gasteiger partial charge < -0.3 is 10.2 Å². The van der Waals surface area contributed by atoms with Crippen LogP contribution < -0.4 is 10.5 Å². The maximum atomic E-state index is 12.5. The Bertz CT molecular complexity index is 868. The highest BCUT2D eigenvalue weighted by atomic mass is 32.2. The summed E-state index contributed by atoms with van der Waals surface area (Å²) < 4.78 is 34.2. The topological polar surface area (TPSA) is 103 Å². The molecule has 110 valence electrons. The van der Waals surface area contributed by atoms with Gasteiger partial charge in [0.2, 0.25) is 0 Å². The number of hydrogen-bond acceptors (Lipinski definition) is 5. The molecule has 3 N–H and O–H groups in total. The first-order valence-electron chi connectivity index (χ1n) is 6.27. The van der Waals surface area contributed by atoms with Gasteiger partial charge in [0.1, 0.15) is 11.4 Å². The lowest BCUT2D eigenvalue weighted by atomic mass is 10.3. The minimum Gasteiger partial charge on any atom is -0.468 e. The first-order chi connectivity index (χ1) is 9.99. The van der Waals surface area contributed by atoms with Crippen molar-refractivity contribution in [1.29, 1.82) is 0 Å². The molecule has 0 aliphatic heterocycles. The normalized spacial score (nSPS) is 13.6. The van der Waals surface area contributed by atoms with E-state index in [1.807, 2.05) is 0 Å². The number of nitrogens with two attached hydrogens (primary N) is 1. The number of rotatable bonds is 4. The Hall–Kier alpha value is -2.32. The summed E-state index contributed by atoms with van der Waals surface area (Å²) in [6, 6.07) is 8.04. The number of nitrogens with one attached hydrogen (secondary N) is 1. The van der Waals surface area contributed by atoms with Gasteiger partial charge in [-0.05, 0) is 31.2 Å². The maximum Gasteiger partial charge on any atom is 0.261 e. The fourth-order valence-corrected chi connectivity index (χ4v) is 3.57. The highest BCUT2D eigenvalue weighted by Gasteiger charge is 2.26. The average Bonchev–Trinajstić information content (AvgIpc) is 3.04. The number of nitrogen functional groups attached to an aromatic ring is 1. The van der Waals surface area contributed by atoms with Crippen molar-refractivity contribution in [3.05, 3.63) is 48.6 Å². The molecule has 7 nitrogen and oxygen atoms in total. The monoisotopic (exact) mass is 306 g/mol. The van der Waals surface area contributed by atoms with E-state index in [1.54, 1.807) is 43.5 Å². The average molecular weight is 306 g/mol. The van der Waals surface area contributed by atoms with Crippen molar-refractivity contribution in [2.45, 2.75) is 18.0 Å². The Morgan fingerprint density at radius 1 is 1.33 bits per heavy atom. The lowest BCUT2D eigenvalue weighted by Crippen LogP contribution is -2.28. The van der Waals surface area contributed by atoms with Gasteiger partial charge in [0, 0.05) is 6.20 Å². The van der Waals surface area contributed by atoms with E-state index in [9.17, 15) is 8.42 Å². The second kappa shape index (κ2) is 4.90. The number of imidazole rings is 1. The highest BCUT2D eigenvalue weighted by Crippen LogP contribution is 2.22. The first-order valence-corrected chi connectivity index (χ1v) is 7.75. The number of aromatic nitrogens is 2. The second-order valence-electron chi connectivity index (χ2n) is 4.59. The van der Waals surface area contributed by atoms with E-state index in [4.69, 9.17) is 10.2 Å². The van der Waals surface area contributed by atoms with Crippen LogP contribution in [0.15, 0.2) is 52.2 Å². The molecular weight excluding hydrogens is 292 g/mol. The first kappa shape index (κ1) is 13.7. The van der Waals surface area contributed by atoms with Gasteiger partial charge in [0.25, 0.3) is 10.0 Å². The Balaban J connectivity index is 2.03. The van der Waals surface area contributed by atoms with E-state index in [2.05, 4.69) is 9.71 Å². The zero-order valence-electron chi connectivity index (χ0n) is 11.2. The van der Waals surface area contributed by atoms with Gasteiger partial charge >= 0.3 is 0 Å². The molecule has 8 heteroatoms. The minimum absolute atomic E-state index is 0.0413. The molecule has 3 rings (SSSR count). The van der Waals surface area contributed by atoms with Crippen LogP contribution in [0, 0.1) is 0 Å². The van der Waals surface area contributed by atoms with E-state index in [0.29, 0.717) is 11.4 Å². The van der Waals surface area contributed by atoms with Gasteiger partial charge in [-0.1, -0.05) is 6.07 Å².